The number of hydrogen-bond acceptors (Lipinski definition) is 14. The summed E-state index contributed by atoms with van der Waals surface area (Å²) >= 11 is 0. The molecule has 0 aliphatic carbocycles. The number of aromatic nitrogens is 2. The van der Waals surface area contributed by atoms with Gasteiger partial charge in [0.2, 0.25) is 11.8 Å². The molecule has 2 aromatic rings. The van der Waals surface area contributed by atoms with E-state index in [4.69, 9.17) is 28.4 Å². The van der Waals surface area contributed by atoms with Crippen LogP contribution in [0.25, 0.3) is 11.1 Å². The van der Waals surface area contributed by atoms with Crippen molar-refractivity contribution in [3.8, 4) is 46.1 Å². The van der Waals surface area contributed by atoms with Gasteiger partial charge in [-0.3, -0.25) is 28.8 Å². The van der Waals surface area contributed by atoms with Gasteiger partial charge in [0.1, 0.15) is 0 Å². The Hall–Kier alpha value is -4.88. The smallest absolute Gasteiger partial charge is 0.309 e. The first-order chi connectivity index (χ1) is 16.8. The first-order valence-corrected chi connectivity index (χ1v) is 9.97. The van der Waals surface area contributed by atoms with Crippen LogP contribution in [0.4, 0.5) is 0 Å². The number of nitrogens with zero attached hydrogens (tertiary/aromatic N) is 2. The molecule has 190 valence electrons. The summed E-state index contributed by atoms with van der Waals surface area (Å²) in [5.41, 5.74) is -0.354. The van der Waals surface area contributed by atoms with E-state index in [-0.39, 0.29) is 22.6 Å². The molecule has 0 saturated heterocycles. The van der Waals surface area contributed by atoms with Crippen molar-refractivity contribution >= 4 is 35.8 Å². The van der Waals surface area contributed by atoms with E-state index < -0.39 is 59.3 Å². The third kappa shape index (κ3) is 7.58. The maximum Gasteiger partial charge on any atom is 0.309 e. The molecular weight excluding hydrogens is 484 g/mol. The molecular formula is C22H20N2O12. The zero-order chi connectivity index (χ0) is 27.2. The lowest BCUT2D eigenvalue weighted by Crippen LogP contribution is -2.13. The van der Waals surface area contributed by atoms with Crippen LogP contribution in [0.1, 0.15) is 41.5 Å². The number of pyridine rings is 2. The molecule has 0 aromatic carbocycles. The third-order valence-electron chi connectivity index (χ3n) is 3.60. The Labute approximate surface area is 203 Å². The van der Waals surface area contributed by atoms with Crippen molar-refractivity contribution in [1.82, 2.24) is 9.97 Å². The number of rotatable bonds is 7. The van der Waals surface area contributed by atoms with E-state index in [1.165, 1.54) is 0 Å². The quantitative estimate of drug-likeness (QED) is 0.496. The van der Waals surface area contributed by atoms with E-state index in [0.29, 0.717) is 0 Å². The van der Waals surface area contributed by atoms with Crippen LogP contribution in [0.3, 0.4) is 0 Å². The second-order valence-corrected chi connectivity index (χ2v) is 6.85. The van der Waals surface area contributed by atoms with E-state index in [1.54, 1.807) is 0 Å². The van der Waals surface area contributed by atoms with Gasteiger partial charge in [-0.1, -0.05) is 0 Å². The van der Waals surface area contributed by atoms with Crippen LogP contribution in [0, 0.1) is 0 Å². The summed E-state index contributed by atoms with van der Waals surface area (Å²) in [6.07, 6.45) is 0. The summed E-state index contributed by atoms with van der Waals surface area (Å²) in [6.45, 7) is 6.35. The molecule has 0 unspecified atom stereocenters. The van der Waals surface area contributed by atoms with E-state index in [2.05, 4.69) is 9.97 Å². The maximum absolute atomic E-state index is 11.8. The summed E-state index contributed by atoms with van der Waals surface area (Å²) in [5, 5.41) is 0. The highest BCUT2D eigenvalue weighted by atomic mass is 16.6. The summed E-state index contributed by atoms with van der Waals surface area (Å²) in [7, 11) is 0. The average Bonchev–Trinajstić information content (AvgIpc) is 2.69. The minimum atomic E-state index is -0.850. The fourth-order valence-corrected chi connectivity index (χ4v) is 2.61. The van der Waals surface area contributed by atoms with Crippen molar-refractivity contribution in [2.24, 2.45) is 0 Å². The lowest BCUT2D eigenvalue weighted by molar-refractivity contribution is -0.135. The lowest BCUT2D eigenvalue weighted by Gasteiger charge is -2.17. The molecule has 36 heavy (non-hydrogen) atoms. The van der Waals surface area contributed by atoms with Crippen molar-refractivity contribution in [3.05, 3.63) is 12.1 Å². The van der Waals surface area contributed by atoms with Crippen LogP contribution in [0.15, 0.2) is 12.1 Å². The fourth-order valence-electron chi connectivity index (χ4n) is 2.61. The van der Waals surface area contributed by atoms with Gasteiger partial charge in [0.15, 0.2) is 11.5 Å². The average molecular weight is 504 g/mol. The molecule has 0 aliphatic rings. The van der Waals surface area contributed by atoms with Gasteiger partial charge in [-0.15, -0.1) is 0 Å². The summed E-state index contributed by atoms with van der Waals surface area (Å²) < 4.78 is 30.2. The largest absolute Gasteiger partial charge is 0.421 e. The van der Waals surface area contributed by atoms with Gasteiger partial charge in [0.05, 0.1) is 11.1 Å². The lowest BCUT2D eigenvalue weighted by atomic mass is 10.1. The molecule has 2 aromatic heterocycles. The highest BCUT2D eigenvalue weighted by Gasteiger charge is 2.27. The Balaban J connectivity index is 2.95. The van der Waals surface area contributed by atoms with Crippen molar-refractivity contribution in [2.75, 3.05) is 0 Å². The zero-order valence-electron chi connectivity index (χ0n) is 19.9. The molecule has 2 heterocycles. The summed E-state index contributed by atoms with van der Waals surface area (Å²) in [6, 6.07) is 2.16. The molecule has 14 heteroatoms. The summed E-state index contributed by atoms with van der Waals surface area (Å²) in [4.78, 5) is 77.7. The fraction of sp³-hybridized carbons (Fsp3) is 0.273. The first-order valence-electron chi connectivity index (χ1n) is 9.97. The molecule has 2 rings (SSSR count). The van der Waals surface area contributed by atoms with Gasteiger partial charge in [-0.2, -0.15) is 9.97 Å². The van der Waals surface area contributed by atoms with Crippen LogP contribution in [-0.4, -0.2) is 45.8 Å². The van der Waals surface area contributed by atoms with Crippen molar-refractivity contribution in [1.29, 1.82) is 0 Å². The van der Waals surface area contributed by atoms with E-state index in [9.17, 15) is 28.8 Å². The molecule has 0 fully saturated rings. The number of ether oxygens (including phenoxy) is 6. The molecule has 0 spiro atoms. The normalized spacial score (nSPS) is 10.1. The first kappa shape index (κ1) is 27.4. The highest BCUT2D eigenvalue weighted by Crippen LogP contribution is 2.44. The molecule has 0 saturated carbocycles. The zero-order valence-corrected chi connectivity index (χ0v) is 19.9. The van der Waals surface area contributed by atoms with E-state index in [1.807, 2.05) is 0 Å². The van der Waals surface area contributed by atoms with Crippen LogP contribution in [-0.2, 0) is 28.8 Å². The minimum absolute atomic E-state index is 0.177. The Bertz CT molecular complexity index is 1170. The topological polar surface area (TPSA) is 184 Å². The van der Waals surface area contributed by atoms with Gasteiger partial charge in [0.25, 0.3) is 11.8 Å². The Kier molecular flexibility index (Phi) is 8.74. The van der Waals surface area contributed by atoms with Crippen LogP contribution in [0.2, 0.25) is 0 Å². The van der Waals surface area contributed by atoms with Gasteiger partial charge in [0, 0.05) is 53.7 Å². The molecule has 0 radical (unpaired) electrons. The predicted molar refractivity (Wildman–Crippen MR) is 115 cm³/mol. The van der Waals surface area contributed by atoms with Crippen molar-refractivity contribution < 1.29 is 57.2 Å². The molecule has 0 atom stereocenters. The number of carbonyl (C=O) groups is 6. The van der Waals surface area contributed by atoms with Crippen LogP contribution >= 0.6 is 0 Å². The second-order valence-electron chi connectivity index (χ2n) is 6.85. The van der Waals surface area contributed by atoms with Gasteiger partial charge >= 0.3 is 35.8 Å². The van der Waals surface area contributed by atoms with E-state index in [0.717, 1.165) is 53.7 Å². The Morgan fingerprint density at radius 2 is 0.694 bits per heavy atom. The highest BCUT2D eigenvalue weighted by molar-refractivity contribution is 5.84. The standard InChI is InChI=1S/C22H20N2O12/c1-9(25)31-17-7-15(19(33-11(3)27)23-21(17)35-13(5)29)16-8-18(32-10(2)26)22(36-14(6)30)24-20(16)34-12(4)28/h7-8H,1-6H3. The number of carbonyl (C=O) groups excluding carboxylic acids is 6. The number of esters is 6. The van der Waals surface area contributed by atoms with Crippen molar-refractivity contribution in [2.45, 2.75) is 41.5 Å². The summed E-state index contributed by atoms with van der Waals surface area (Å²) in [5.74, 6) is -7.77. The molecule has 0 amide bonds. The second kappa shape index (κ2) is 11.5. The maximum atomic E-state index is 11.8. The van der Waals surface area contributed by atoms with Crippen molar-refractivity contribution in [3.63, 3.8) is 0 Å². The Morgan fingerprint density at radius 1 is 0.444 bits per heavy atom. The van der Waals surface area contributed by atoms with Crippen LogP contribution in [0.5, 0.6) is 35.0 Å². The predicted octanol–water partition coefficient (Wildman–Crippen LogP) is 1.70. The molecule has 14 nitrogen and oxygen atoms in total. The third-order valence-corrected chi connectivity index (χ3v) is 3.60. The van der Waals surface area contributed by atoms with E-state index >= 15 is 0 Å². The monoisotopic (exact) mass is 504 g/mol. The molecule has 0 aliphatic heterocycles. The number of hydrogen-bond donors (Lipinski definition) is 0. The molecule has 0 N–H and O–H groups in total. The SMILES string of the molecule is CC(=O)Oc1cc(-c2cc(OC(C)=O)c(OC(C)=O)nc2OC(C)=O)c(OC(C)=O)nc1OC(C)=O. The van der Waals surface area contributed by atoms with Gasteiger partial charge < -0.3 is 28.4 Å². The van der Waals surface area contributed by atoms with Crippen LogP contribution < -0.4 is 28.4 Å². The van der Waals surface area contributed by atoms with Gasteiger partial charge in [-0.25, -0.2) is 0 Å². The molecule has 0 bridgehead atoms. The Morgan fingerprint density at radius 3 is 0.944 bits per heavy atom. The van der Waals surface area contributed by atoms with Gasteiger partial charge in [-0.05, 0) is 0 Å². The minimum Gasteiger partial charge on any atom is -0.421 e.